The molecule has 0 bridgehead atoms. The smallest absolute Gasteiger partial charge is 0.255 e. The molecule has 2 aromatic heterocycles. The van der Waals surface area contributed by atoms with Crippen LogP contribution in [0.15, 0.2) is 42.9 Å². The molecule has 2 aliphatic rings. The number of pyridine rings is 2. The molecule has 7 nitrogen and oxygen atoms in total. The Bertz CT molecular complexity index is 755. The van der Waals surface area contributed by atoms with Crippen molar-refractivity contribution in [2.24, 2.45) is 0 Å². The largest absolute Gasteiger partial charge is 0.489 e. The topological polar surface area (TPSA) is 76.6 Å². The maximum Gasteiger partial charge on any atom is 0.255 e. The number of amides is 1. The van der Waals surface area contributed by atoms with Gasteiger partial charge >= 0.3 is 0 Å². The minimum Gasteiger partial charge on any atom is -0.489 e. The molecule has 148 valence electrons. The van der Waals surface area contributed by atoms with Gasteiger partial charge in [-0.2, -0.15) is 0 Å². The fourth-order valence-corrected chi connectivity index (χ4v) is 3.63. The standard InChI is InChI=1S/C21H26N4O3/c26-21(16-3-4-20(23-14-16)24-17-7-12-27-13-8-17)25-10-5-18(6-11-25)28-19-2-1-9-22-15-19/h1-4,9,14-15,17-18H,5-8,10-13H2,(H,23,24). The number of hydrogen-bond acceptors (Lipinski definition) is 6. The molecule has 0 aliphatic carbocycles. The number of nitrogens with one attached hydrogen (secondary N) is 1. The molecular formula is C21H26N4O3. The molecular weight excluding hydrogens is 356 g/mol. The third-order valence-electron chi connectivity index (χ3n) is 5.25. The van der Waals surface area contributed by atoms with Crippen molar-refractivity contribution in [1.82, 2.24) is 14.9 Å². The number of carbonyl (C=O) groups is 1. The Morgan fingerprint density at radius 1 is 1.11 bits per heavy atom. The van der Waals surface area contributed by atoms with Crippen molar-refractivity contribution in [2.45, 2.75) is 37.8 Å². The molecule has 4 rings (SSSR count). The van der Waals surface area contributed by atoms with Crippen LogP contribution in [0.25, 0.3) is 0 Å². The first-order chi connectivity index (χ1) is 13.8. The van der Waals surface area contributed by atoms with Gasteiger partial charge in [-0.3, -0.25) is 9.78 Å². The van der Waals surface area contributed by atoms with Crippen molar-refractivity contribution in [2.75, 3.05) is 31.6 Å². The molecule has 2 fully saturated rings. The Balaban J connectivity index is 1.27. The summed E-state index contributed by atoms with van der Waals surface area (Å²) >= 11 is 0. The highest BCUT2D eigenvalue weighted by Gasteiger charge is 2.25. The number of hydrogen-bond donors (Lipinski definition) is 1. The summed E-state index contributed by atoms with van der Waals surface area (Å²) in [5.41, 5.74) is 0.629. The van der Waals surface area contributed by atoms with E-state index in [0.717, 1.165) is 50.5 Å². The number of rotatable bonds is 5. The van der Waals surface area contributed by atoms with E-state index in [-0.39, 0.29) is 12.0 Å². The summed E-state index contributed by atoms with van der Waals surface area (Å²) in [6, 6.07) is 7.91. The number of ether oxygens (including phenoxy) is 2. The molecule has 0 saturated carbocycles. The second-order valence-electron chi connectivity index (χ2n) is 7.26. The van der Waals surface area contributed by atoms with Crippen LogP contribution in [0.4, 0.5) is 5.82 Å². The Morgan fingerprint density at radius 2 is 1.93 bits per heavy atom. The van der Waals surface area contributed by atoms with E-state index >= 15 is 0 Å². The lowest BCUT2D eigenvalue weighted by Crippen LogP contribution is -2.41. The van der Waals surface area contributed by atoms with E-state index in [0.29, 0.717) is 24.7 Å². The molecule has 4 heterocycles. The first-order valence-electron chi connectivity index (χ1n) is 9.94. The summed E-state index contributed by atoms with van der Waals surface area (Å²) in [6.07, 6.45) is 8.84. The van der Waals surface area contributed by atoms with Gasteiger partial charge < -0.3 is 19.7 Å². The average molecular weight is 382 g/mol. The first kappa shape index (κ1) is 18.7. The minimum atomic E-state index is 0.0324. The van der Waals surface area contributed by atoms with E-state index in [1.807, 2.05) is 29.2 Å². The van der Waals surface area contributed by atoms with Gasteiger partial charge in [-0.05, 0) is 37.1 Å². The van der Waals surface area contributed by atoms with Crippen LogP contribution in [0, 0.1) is 0 Å². The summed E-state index contributed by atoms with van der Waals surface area (Å²) in [5, 5.41) is 3.42. The molecule has 0 radical (unpaired) electrons. The lowest BCUT2D eigenvalue weighted by molar-refractivity contribution is 0.0594. The summed E-state index contributed by atoms with van der Waals surface area (Å²) < 4.78 is 11.3. The zero-order chi connectivity index (χ0) is 19.2. The first-order valence-corrected chi connectivity index (χ1v) is 9.94. The molecule has 2 saturated heterocycles. The molecule has 0 atom stereocenters. The van der Waals surface area contributed by atoms with Gasteiger partial charge in [-0.15, -0.1) is 0 Å². The van der Waals surface area contributed by atoms with E-state index in [1.54, 1.807) is 18.6 Å². The SMILES string of the molecule is O=C(c1ccc(NC2CCOCC2)nc1)N1CCC(Oc2cccnc2)CC1. The van der Waals surface area contributed by atoms with Crippen LogP contribution < -0.4 is 10.1 Å². The molecule has 1 amide bonds. The predicted octanol–water partition coefficient (Wildman–Crippen LogP) is 2.75. The number of likely N-dealkylation sites (tertiary alicyclic amines) is 1. The van der Waals surface area contributed by atoms with E-state index in [1.165, 1.54) is 0 Å². The van der Waals surface area contributed by atoms with Gasteiger partial charge in [0.2, 0.25) is 0 Å². The zero-order valence-corrected chi connectivity index (χ0v) is 15.9. The molecule has 2 aromatic rings. The van der Waals surface area contributed by atoms with Crippen molar-refractivity contribution in [1.29, 1.82) is 0 Å². The van der Waals surface area contributed by atoms with E-state index in [9.17, 15) is 4.79 Å². The normalized spacial score (nSPS) is 18.6. The maximum atomic E-state index is 12.8. The van der Waals surface area contributed by atoms with Crippen LogP contribution in [0.2, 0.25) is 0 Å². The highest BCUT2D eigenvalue weighted by Crippen LogP contribution is 2.20. The summed E-state index contributed by atoms with van der Waals surface area (Å²) in [5.74, 6) is 1.63. The quantitative estimate of drug-likeness (QED) is 0.857. The van der Waals surface area contributed by atoms with Gasteiger partial charge in [0.25, 0.3) is 5.91 Å². The minimum absolute atomic E-state index is 0.0324. The summed E-state index contributed by atoms with van der Waals surface area (Å²) in [6.45, 7) is 2.95. The number of carbonyl (C=O) groups excluding carboxylic acids is 1. The van der Waals surface area contributed by atoms with Gasteiger partial charge in [0.1, 0.15) is 17.7 Å². The van der Waals surface area contributed by atoms with Gasteiger partial charge in [0, 0.05) is 57.6 Å². The zero-order valence-electron chi connectivity index (χ0n) is 15.9. The van der Waals surface area contributed by atoms with Crippen LogP contribution in [0.1, 0.15) is 36.0 Å². The van der Waals surface area contributed by atoms with Crippen molar-refractivity contribution in [3.63, 3.8) is 0 Å². The number of piperidine rings is 1. The van der Waals surface area contributed by atoms with E-state index < -0.39 is 0 Å². The maximum absolute atomic E-state index is 12.8. The number of nitrogens with zero attached hydrogens (tertiary/aromatic N) is 3. The van der Waals surface area contributed by atoms with Crippen LogP contribution in [0.3, 0.4) is 0 Å². The molecule has 28 heavy (non-hydrogen) atoms. The highest BCUT2D eigenvalue weighted by atomic mass is 16.5. The van der Waals surface area contributed by atoms with Gasteiger partial charge in [0.05, 0.1) is 11.8 Å². The Labute approximate surface area is 165 Å². The molecule has 0 aromatic carbocycles. The lowest BCUT2D eigenvalue weighted by atomic mass is 10.1. The monoisotopic (exact) mass is 382 g/mol. The fourth-order valence-electron chi connectivity index (χ4n) is 3.63. The van der Waals surface area contributed by atoms with Crippen LogP contribution in [-0.2, 0) is 4.74 Å². The van der Waals surface area contributed by atoms with E-state index in [4.69, 9.17) is 9.47 Å². The Hall–Kier alpha value is -2.67. The van der Waals surface area contributed by atoms with Gasteiger partial charge in [-0.1, -0.05) is 0 Å². The fraction of sp³-hybridized carbons (Fsp3) is 0.476. The molecule has 7 heteroatoms. The van der Waals surface area contributed by atoms with Crippen molar-refractivity contribution >= 4 is 11.7 Å². The van der Waals surface area contributed by atoms with Crippen molar-refractivity contribution in [3.8, 4) is 5.75 Å². The molecule has 0 unspecified atom stereocenters. The highest BCUT2D eigenvalue weighted by molar-refractivity contribution is 5.94. The molecule has 2 aliphatic heterocycles. The second kappa shape index (κ2) is 9.01. The Morgan fingerprint density at radius 3 is 2.61 bits per heavy atom. The summed E-state index contributed by atoms with van der Waals surface area (Å²) in [7, 11) is 0. The van der Waals surface area contributed by atoms with Crippen LogP contribution in [-0.4, -0.2) is 59.2 Å². The van der Waals surface area contributed by atoms with Crippen molar-refractivity contribution < 1.29 is 14.3 Å². The number of aromatic nitrogens is 2. The van der Waals surface area contributed by atoms with Crippen LogP contribution >= 0.6 is 0 Å². The Kier molecular flexibility index (Phi) is 6.01. The van der Waals surface area contributed by atoms with Crippen LogP contribution in [0.5, 0.6) is 5.75 Å². The van der Waals surface area contributed by atoms with Crippen molar-refractivity contribution in [3.05, 3.63) is 48.4 Å². The molecule has 1 N–H and O–H groups in total. The lowest BCUT2D eigenvalue weighted by Gasteiger charge is -2.32. The van der Waals surface area contributed by atoms with Gasteiger partial charge in [0.15, 0.2) is 0 Å². The average Bonchev–Trinajstić information content (AvgIpc) is 2.76. The molecule has 0 spiro atoms. The third kappa shape index (κ3) is 4.78. The third-order valence-corrected chi connectivity index (χ3v) is 5.25. The number of anilines is 1. The van der Waals surface area contributed by atoms with Gasteiger partial charge in [-0.25, -0.2) is 4.98 Å². The van der Waals surface area contributed by atoms with E-state index in [2.05, 4.69) is 15.3 Å². The predicted molar refractivity (Wildman–Crippen MR) is 105 cm³/mol. The second-order valence-corrected chi connectivity index (χ2v) is 7.26. The summed E-state index contributed by atoms with van der Waals surface area (Å²) in [4.78, 5) is 23.1.